The maximum Gasteiger partial charge on any atom is 0.407 e. The maximum atomic E-state index is 11.7. The summed E-state index contributed by atoms with van der Waals surface area (Å²) in [6, 6.07) is 7.55. The summed E-state index contributed by atoms with van der Waals surface area (Å²) in [5.74, 6) is 1.17. The van der Waals surface area contributed by atoms with Gasteiger partial charge in [0.05, 0.1) is 30.4 Å². The normalized spacial score (nSPS) is 11.4. The number of carbonyl (C=O) groups excluding carboxylic acids is 1. The summed E-state index contributed by atoms with van der Waals surface area (Å²) in [5, 5.41) is 19.4. The summed E-state index contributed by atoms with van der Waals surface area (Å²) < 4.78 is 14.3. The molecule has 4 aromatic rings. The number of carbonyl (C=O) groups is 1. The molecule has 0 fully saturated rings. The first-order valence-corrected chi connectivity index (χ1v) is 12.6. The van der Waals surface area contributed by atoms with Gasteiger partial charge in [-0.1, -0.05) is 21.1 Å². The molecule has 0 bridgehead atoms. The first-order valence-electron chi connectivity index (χ1n) is 11.4. The first kappa shape index (κ1) is 25.4. The van der Waals surface area contributed by atoms with E-state index in [0.717, 1.165) is 22.5 Å². The Morgan fingerprint density at radius 1 is 1.17 bits per heavy atom. The lowest BCUT2D eigenvalue weighted by molar-refractivity contribution is 0.0526. The molecule has 1 aromatic carbocycles. The fraction of sp³-hybridized carbons (Fsp3) is 0.391. The van der Waals surface area contributed by atoms with Gasteiger partial charge >= 0.3 is 6.09 Å². The van der Waals surface area contributed by atoms with Gasteiger partial charge in [0.1, 0.15) is 11.4 Å². The molecule has 0 atom stereocenters. The molecule has 0 aliphatic heterocycles. The van der Waals surface area contributed by atoms with Crippen molar-refractivity contribution in [2.75, 3.05) is 23.8 Å². The van der Waals surface area contributed by atoms with Crippen LogP contribution in [0.25, 0.3) is 16.9 Å². The number of halogens is 1. The Morgan fingerprint density at radius 2 is 1.97 bits per heavy atom. The number of amides is 1. The van der Waals surface area contributed by atoms with Gasteiger partial charge in [-0.25, -0.2) is 9.78 Å². The number of alkyl halides is 1. The second kappa shape index (κ2) is 11.3. The molecule has 0 radical (unpaired) electrons. The lowest BCUT2D eigenvalue weighted by Gasteiger charge is -2.19. The second-order valence-electron chi connectivity index (χ2n) is 8.83. The maximum absolute atomic E-state index is 11.7. The third kappa shape index (κ3) is 6.90. The number of ether oxygens (including phenoxy) is 2. The van der Waals surface area contributed by atoms with E-state index in [-0.39, 0.29) is 0 Å². The molecule has 4 rings (SSSR count). The highest BCUT2D eigenvalue weighted by atomic mass is 79.9. The second-order valence-corrected chi connectivity index (χ2v) is 9.63. The average molecular weight is 558 g/mol. The highest BCUT2D eigenvalue weighted by Gasteiger charge is 2.15. The van der Waals surface area contributed by atoms with Crippen LogP contribution in [0.3, 0.4) is 0 Å². The average Bonchev–Trinajstić information content (AvgIpc) is 3.46. The zero-order valence-electron chi connectivity index (χ0n) is 20.3. The van der Waals surface area contributed by atoms with Gasteiger partial charge in [0.15, 0.2) is 11.2 Å². The van der Waals surface area contributed by atoms with E-state index in [9.17, 15) is 4.79 Å². The highest BCUT2D eigenvalue weighted by Crippen LogP contribution is 2.20. The Bertz CT molecular complexity index is 1300. The van der Waals surface area contributed by atoms with Crippen LogP contribution in [0.2, 0.25) is 0 Å². The molecule has 3 aromatic heterocycles. The summed E-state index contributed by atoms with van der Waals surface area (Å²) in [5.41, 5.74) is 2.18. The fourth-order valence-electron chi connectivity index (χ4n) is 3.23. The molecule has 0 aliphatic carbocycles. The highest BCUT2D eigenvalue weighted by molar-refractivity contribution is 9.09. The van der Waals surface area contributed by atoms with Gasteiger partial charge in [0, 0.05) is 24.6 Å². The largest absolute Gasteiger partial charge is 0.493 e. The van der Waals surface area contributed by atoms with Gasteiger partial charge in [-0.2, -0.15) is 14.8 Å². The molecule has 0 saturated heterocycles. The van der Waals surface area contributed by atoms with Crippen molar-refractivity contribution in [2.45, 2.75) is 39.3 Å². The van der Waals surface area contributed by atoms with Crippen LogP contribution in [0, 0.1) is 0 Å². The van der Waals surface area contributed by atoms with Gasteiger partial charge in [0.25, 0.3) is 0 Å². The minimum absolute atomic E-state index is 0.398. The predicted molar refractivity (Wildman–Crippen MR) is 138 cm³/mol. The third-order valence-electron chi connectivity index (χ3n) is 4.74. The number of rotatable bonds is 10. The minimum atomic E-state index is -0.516. The van der Waals surface area contributed by atoms with Crippen molar-refractivity contribution in [3.63, 3.8) is 0 Å². The molecule has 2 N–H and O–H groups in total. The monoisotopic (exact) mass is 557 g/mol. The summed E-state index contributed by atoms with van der Waals surface area (Å²) in [6.45, 7) is 7.19. The van der Waals surface area contributed by atoms with Gasteiger partial charge in [-0.15, -0.1) is 5.10 Å². The number of nitrogens with zero attached hydrogens (tertiary/aromatic N) is 7. The lowest BCUT2D eigenvalue weighted by Crippen LogP contribution is -2.33. The molecule has 190 valence electrons. The summed E-state index contributed by atoms with van der Waals surface area (Å²) in [6.07, 6.45) is 5.44. The molecule has 0 spiro atoms. The third-order valence-corrected chi connectivity index (χ3v) is 5.07. The van der Waals surface area contributed by atoms with E-state index in [1.807, 2.05) is 51.2 Å². The van der Waals surface area contributed by atoms with E-state index in [2.05, 4.69) is 51.9 Å². The number of benzene rings is 1. The van der Waals surface area contributed by atoms with E-state index in [0.29, 0.717) is 43.2 Å². The molecular formula is C23H28BrN9O3. The van der Waals surface area contributed by atoms with Gasteiger partial charge in [-0.3, -0.25) is 4.68 Å². The van der Waals surface area contributed by atoms with Crippen LogP contribution in [0.15, 0.2) is 42.9 Å². The summed E-state index contributed by atoms with van der Waals surface area (Å²) >= 11 is 3.35. The molecule has 3 heterocycles. The van der Waals surface area contributed by atoms with Crippen LogP contribution in [0.1, 0.15) is 27.2 Å². The summed E-state index contributed by atoms with van der Waals surface area (Å²) in [4.78, 5) is 20.6. The van der Waals surface area contributed by atoms with Crippen molar-refractivity contribution in [3.8, 4) is 11.4 Å². The topological polar surface area (TPSA) is 134 Å². The van der Waals surface area contributed by atoms with Gasteiger partial charge in [-0.05, 0) is 51.5 Å². The molecular weight excluding hydrogens is 530 g/mol. The van der Waals surface area contributed by atoms with Crippen molar-refractivity contribution in [2.24, 2.45) is 0 Å². The zero-order chi connectivity index (χ0) is 25.5. The van der Waals surface area contributed by atoms with Crippen molar-refractivity contribution < 1.29 is 14.3 Å². The van der Waals surface area contributed by atoms with Crippen LogP contribution in [-0.2, 0) is 11.3 Å². The Morgan fingerprint density at radius 3 is 2.72 bits per heavy atom. The number of fused-ring (bicyclic) bond motifs is 1. The molecule has 36 heavy (non-hydrogen) atoms. The Kier molecular flexibility index (Phi) is 7.98. The number of aromatic nitrogens is 7. The van der Waals surface area contributed by atoms with Gasteiger partial charge < -0.3 is 20.1 Å². The number of alkyl carbamates (subject to hydrolysis) is 1. The van der Waals surface area contributed by atoms with Crippen molar-refractivity contribution >= 4 is 44.8 Å². The zero-order valence-corrected chi connectivity index (χ0v) is 21.9. The van der Waals surface area contributed by atoms with Crippen LogP contribution in [0.5, 0.6) is 5.75 Å². The van der Waals surface area contributed by atoms with Crippen LogP contribution >= 0.6 is 15.9 Å². The minimum Gasteiger partial charge on any atom is -0.493 e. The SMILES string of the molecule is CC(C)(C)OC(=O)NCCCn1cc(Nc2ncc3nnn(-c4ccc(OCCBr)cc4)c3n2)cn1. The molecule has 0 saturated carbocycles. The number of hydrogen-bond donors (Lipinski definition) is 2. The van der Waals surface area contributed by atoms with E-state index >= 15 is 0 Å². The fourth-order valence-corrected chi connectivity index (χ4v) is 3.39. The molecule has 12 nitrogen and oxygen atoms in total. The van der Waals surface area contributed by atoms with E-state index < -0.39 is 11.7 Å². The molecule has 1 amide bonds. The summed E-state index contributed by atoms with van der Waals surface area (Å²) in [7, 11) is 0. The predicted octanol–water partition coefficient (Wildman–Crippen LogP) is 3.84. The molecule has 0 unspecified atom stereocenters. The Balaban J connectivity index is 1.35. The quantitative estimate of drug-likeness (QED) is 0.220. The number of nitrogens with one attached hydrogen (secondary N) is 2. The molecule has 0 aliphatic rings. The van der Waals surface area contributed by atoms with Crippen molar-refractivity contribution in [1.29, 1.82) is 0 Å². The molecule has 13 heteroatoms. The van der Waals surface area contributed by atoms with E-state index in [1.54, 1.807) is 21.8 Å². The lowest BCUT2D eigenvalue weighted by atomic mass is 10.2. The van der Waals surface area contributed by atoms with E-state index in [4.69, 9.17) is 9.47 Å². The van der Waals surface area contributed by atoms with E-state index in [1.165, 1.54) is 0 Å². The standard InChI is InChI=1S/C23H28BrN9O3/c1-23(2,3)36-22(34)25-10-4-11-32-15-16(13-27-32)28-21-26-14-19-20(29-21)33(31-30-19)17-5-7-18(8-6-17)35-12-9-24/h5-8,13-15H,4,9-12H2,1-3H3,(H,25,34)(H,26,28,29). The van der Waals surface area contributed by atoms with Crippen LogP contribution in [0.4, 0.5) is 16.4 Å². The van der Waals surface area contributed by atoms with Crippen molar-refractivity contribution in [1.82, 2.24) is 40.1 Å². The first-order chi connectivity index (χ1) is 17.3. The van der Waals surface area contributed by atoms with Gasteiger partial charge in [0.2, 0.25) is 5.95 Å². The van der Waals surface area contributed by atoms with Crippen LogP contribution < -0.4 is 15.4 Å². The number of hydrogen-bond acceptors (Lipinski definition) is 9. The Labute approximate surface area is 216 Å². The van der Waals surface area contributed by atoms with Crippen molar-refractivity contribution in [3.05, 3.63) is 42.9 Å². The number of aryl methyl sites for hydroxylation is 1. The Hall–Kier alpha value is -3.74. The smallest absolute Gasteiger partial charge is 0.407 e. The number of anilines is 2. The van der Waals surface area contributed by atoms with Crippen LogP contribution in [-0.4, -0.2) is 64.9 Å².